The van der Waals surface area contributed by atoms with Crippen LogP contribution in [0, 0.1) is 0 Å². The third kappa shape index (κ3) is 5.54. The van der Waals surface area contributed by atoms with Gasteiger partial charge in [0.15, 0.2) is 5.65 Å². The first-order valence-corrected chi connectivity index (χ1v) is 14.5. The zero-order valence-electron chi connectivity index (χ0n) is 20.6. The van der Waals surface area contributed by atoms with Crippen LogP contribution < -0.4 is 10.5 Å². The number of nitrogens with zero attached hydrogens (tertiary/aromatic N) is 4. The van der Waals surface area contributed by atoms with Crippen molar-refractivity contribution in [3.05, 3.63) is 84.4 Å². The van der Waals surface area contributed by atoms with E-state index in [1.165, 1.54) is 41.6 Å². The van der Waals surface area contributed by atoms with Gasteiger partial charge in [-0.2, -0.15) is 0 Å². The first-order valence-electron chi connectivity index (χ1n) is 12.1. The molecule has 2 aromatic heterocycles. The molecular formula is C27H26N6O3S2. The number of fused-ring (bicyclic) bond motifs is 3. The second-order valence-electron chi connectivity index (χ2n) is 8.74. The highest BCUT2D eigenvalue weighted by atomic mass is 32.2. The number of carbonyl (C=O) groups is 1. The van der Waals surface area contributed by atoms with Crippen LogP contribution in [0.1, 0.15) is 18.9 Å². The van der Waals surface area contributed by atoms with Crippen LogP contribution in [-0.4, -0.2) is 39.3 Å². The van der Waals surface area contributed by atoms with Crippen LogP contribution >= 0.6 is 11.8 Å². The van der Waals surface area contributed by atoms with Crippen molar-refractivity contribution in [2.45, 2.75) is 41.6 Å². The molecule has 3 aromatic carbocycles. The van der Waals surface area contributed by atoms with E-state index in [0.717, 1.165) is 35.0 Å². The van der Waals surface area contributed by atoms with Crippen LogP contribution in [0.15, 0.2) is 88.9 Å². The van der Waals surface area contributed by atoms with Gasteiger partial charge in [0.05, 0.1) is 15.7 Å². The van der Waals surface area contributed by atoms with E-state index in [1.54, 1.807) is 0 Å². The van der Waals surface area contributed by atoms with Crippen molar-refractivity contribution in [3.8, 4) is 0 Å². The zero-order chi connectivity index (χ0) is 26.7. The van der Waals surface area contributed by atoms with Gasteiger partial charge < -0.3 is 9.88 Å². The van der Waals surface area contributed by atoms with Crippen molar-refractivity contribution in [1.82, 2.24) is 19.7 Å². The fourth-order valence-electron chi connectivity index (χ4n) is 4.25. The molecule has 3 N–H and O–H groups in total. The highest BCUT2D eigenvalue weighted by Crippen LogP contribution is 2.29. The maximum absolute atomic E-state index is 13.0. The lowest BCUT2D eigenvalue weighted by atomic mass is 10.1. The SMILES string of the molecule is CCC(Sc1nnc2c3ccccc3n(CCc3ccccc3)c2n1)C(=O)Nc1ccc(S(N)(=O)=O)cc1. The molecular weight excluding hydrogens is 520 g/mol. The average Bonchev–Trinajstić information content (AvgIpc) is 3.23. The summed E-state index contributed by atoms with van der Waals surface area (Å²) in [5, 5.41) is 17.7. The summed E-state index contributed by atoms with van der Waals surface area (Å²) in [6, 6.07) is 24.0. The predicted octanol–water partition coefficient (Wildman–Crippen LogP) is 4.38. The molecule has 0 saturated carbocycles. The molecule has 1 unspecified atom stereocenters. The number of aromatic nitrogens is 4. The maximum Gasteiger partial charge on any atom is 0.238 e. The Kier molecular flexibility index (Phi) is 7.41. The van der Waals surface area contributed by atoms with Crippen molar-refractivity contribution in [2.24, 2.45) is 5.14 Å². The van der Waals surface area contributed by atoms with Crippen molar-refractivity contribution < 1.29 is 13.2 Å². The first kappa shape index (κ1) is 25.8. The number of nitrogens with two attached hydrogens (primary N) is 1. The predicted molar refractivity (Wildman–Crippen MR) is 149 cm³/mol. The third-order valence-electron chi connectivity index (χ3n) is 6.18. The Balaban J connectivity index is 1.39. The van der Waals surface area contributed by atoms with Gasteiger partial charge in [-0.05, 0) is 48.7 Å². The Labute approximate surface area is 224 Å². The van der Waals surface area contributed by atoms with E-state index in [0.29, 0.717) is 17.3 Å². The number of carbonyl (C=O) groups excluding carboxylic acids is 1. The van der Waals surface area contributed by atoms with Gasteiger partial charge in [0.25, 0.3) is 0 Å². The molecule has 0 radical (unpaired) electrons. The van der Waals surface area contributed by atoms with E-state index in [2.05, 4.69) is 38.3 Å². The lowest BCUT2D eigenvalue weighted by Crippen LogP contribution is -2.25. The molecule has 9 nitrogen and oxygen atoms in total. The quantitative estimate of drug-likeness (QED) is 0.262. The van der Waals surface area contributed by atoms with Crippen molar-refractivity contribution in [2.75, 3.05) is 5.32 Å². The minimum Gasteiger partial charge on any atom is -0.325 e. The molecule has 0 fully saturated rings. The Morgan fingerprint density at radius 2 is 1.71 bits per heavy atom. The Morgan fingerprint density at radius 1 is 1.00 bits per heavy atom. The number of sulfonamides is 1. The van der Waals surface area contributed by atoms with Crippen LogP contribution in [0.25, 0.3) is 22.1 Å². The number of primary sulfonamides is 1. The number of benzene rings is 3. The minimum atomic E-state index is -3.80. The Morgan fingerprint density at radius 3 is 2.42 bits per heavy atom. The van der Waals surface area contributed by atoms with Crippen LogP contribution in [0.2, 0.25) is 0 Å². The number of aryl methyl sites for hydroxylation is 2. The maximum atomic E-state index is 13.0. The summed E-state index contributed by atoms with van der Waals surface area (Å²) in [5.41, 5.74) is 4.20. The van der Waals surface area contributed by atoms with Gasteiger partial charge in [-0.3, -0.25) is 4.79 Å². The normalized spacial score (nSPS) is 12.6. The van der Waals surface area contributed by atoms with Gasteiger partial charge in [0.2, 0.25) is 21.1 Å². The number of amides is 1. The van der Waals surface area contributed by atoms with E-state index in [-0.39, 0.29) is 10.8 Å². The third-order valence-corrected chi connectivity index (χ3v) is 8.33. The minimum absolute atomic E-state index is 0.0210. The monoisotopic (exact) mass is 546 g/mol. The number of hydrogen-bond donors (Lipinski definition) is 2. The molecule has 38 heavy (non-hydrogen) atoms. The molecule has 11 heteroatoms. The first-order chi connectivity index (χ1) is 18.3. The second kappa shape index (κ2) is 10.9. The smallest absolute Gasteiger partial charge is 0.238 e. The Hall–Kier alpha value is -3.80. The van der Waals surface area contributed by atoms with Crippen LogP contribution in [0.5, 0.6) is 0 Å². The molecule has 0 spiro atoms. The summed E-state index contributed by atoms with van der Waals surface area (Å²) in [6.07, 6.45) is 1.37. The van der Waals surface area contributed by atoms with Gasteiger partial charge in [-0.1, -0.05) is 67.2 Å². The van der Waals surface area contributed by atoms with Crippen molar-refractivity contribution >= 4 is 55.4 Å². The zero-order valence-corrected chi connectivity index (χ0v) is 22.2. The summed E-state index contributed by atoms with van der Waals surface area (Å²) in [7, 11) is -3.80. The highest BCUT2D eigenvalue weighted by Gasteiger charge is 2.22. The second-order valence-corrected chi connectivity index (χ2v) is 11.5. The molecule has 1 amide bonds. The molecule has 0 aliphatic carbocycles. The van der Waals surface area contributed by atoms with Crippen molar-refractivity contribution in [1.29, 1.82) is 0 Å². The van der Waals surface area contributed by atoms with Crippen LogP contribution in [0.3, 0.4) is 0 Å². The topological polar surface area (TPSA) is 133 Å². The van der Waals surface area contributed by atoms with Gasteiger partial charge in [-0.15, -0.1) is 10.2 Å². The number of anilines is 1. The molecule has 1 atom stereocenters. The van der Waals surface area contributed by atoms with Crippen LogP contribution in [-0.2, 0) is 27.8 Å². The van der Waals surface area contributed by atoms with E-state index in [4.69, 9.17) is 10.1 Å². The molecule has 0 bridgehead atoms. The van der Waals surface area contributed by atoms with Gasteiger partial charge in [-0.25, -0.2) is 18.5 Å². The molecule has 0 aliphatic rings. The van der Waals surface area contributed by atoms with Gasteiger partial charge in [0, 0.05) is 17.6 Å². The molecule has 5 rings (SSSR count). The summed E-state index contributed by atoms with van der Waals surface area (Å²) in [4.78, 5) is 17.8. The van der Waals surface area contributed by atoms with Crippen LogP contribution in [0.4, 0.5) is 5.69 Å². The lowest BCUT2D eigenvalue weighted by molar-refractivity contribution is -0.115. The molecule has 0 saturated heterocycles. The number of nitrogens with one attached hydrogen (secondary N) is 1. The number of hydrogen-bond acceptors (Lipinski definition) is 7. The van der Waals surface area contributed by atoms with E-state index >= 15 is 0 Å². The van der Waals surface area contributed by atoms with E-state index in [1.807, 2.05) is 43.3 Å². The number of para-hydroxylation sites is 1. The number of thioether (sulfide) groups is 1. The standard InChI is InChI=1S/C27H26N6O3S2/c1-2-23(26(34)29-19-12-14-20(15-13-19)38(28,35)36)37-27-30-25-24(31-32-27)21-10-6-7-11-22(21)33(25)17-16-18-8-4-3-5-9-18/h3-15,23H,2,16-17H2,1H3,(H,29,34)(H2,28,35,36). The molecule has 5 aromatic rings. The van der Waals surface area contributed by atoms with Gasteiger partial charge >= 0.3 is 0 Å². The molecule has 0 aliphatic heterocycles. The fourth-order valence-corrected chi connectivity index (χ4v) is 5.58. The lowest BCUT2D eigenvalue weighted by Gasteiger charge is -2.14. The molecule has 2 heterocycles. The average molecular weight is 547 g/mol. The summed E-state index contributed by atoms with van der Waals surface area (Å²) < 4.78 is 25.1. The molecule has 194 valence electrons. The number of rotatable bonds is 9. The van der Waals surface area contributed by atoms with E-state index < -0.39 is 15.3 Å². The van der Waals surface area contributed by atoms with Crippen molar-refractivity contribution in [3.63, 3.8) is 0 Å². The Bertz CT molecular complexity index is 1700. The summed E-state index contributed by atoms with van der Waals surface area (Å²) >= 11 is 1.25. The summed E-state index contributed by atoms with van der Waals surface area (Å²) in [6.45, 7) is 2.63. The fraction of sp³-hybridized carbons (Fsp3) is 0.185. The largest absolute Gasteiger partial charge is 0.325 e. The highest BCUT2D eigenvalue weighted by molar-refractivity contribution is 8.00. The van der Waals surface area contributed by atoms with E-state index in [9.17, 15) is 13.2 Å². The van der Waals surface area contributed by atoms with Gasteiger partial charge in [0.1, 0.15) is 5.52 Å². The summed E-state index contributed by atoms with van der Waals surface area (Å²) in [5.74, 6) is -0.242.